The number of benzene rings is 1. The van der Waals surface area contributed by atoms with Crippen molar-refractivity contribution >= 4 is 5.97 Å². The number of carbonyl (C=O) groups is 1. The number of nitrogens with one attached hydrogen (secondary N) is 1. The number of hydrogen-bond acceptors (Lipinski definition) is 4. The van der Waals surface area contributed by atoms with Crippen LogP contribution >= 0.6 is 0 Å². The zero-order valence-corrected chi connectivity index (χ0v) is 12.6. The highest BCUT2D eigenvalue weighted by atomic mass is 16.5. The SMILES string of the molecule is COc1ccc(OC)c(C[NH+](CC(=O)[O-])CC(C)C)c1. The van der Waals surface area contributed by atoms with E-state index < -0.39 is 5.97 Å². The Morgan fingerprint density at radius 2 is 2.00 bits per heavy atom. The highest BCUT2D eigenvalue weighted by molar-refractivity contribution is 5.65. The van der Waals surface area contributed by atoms with Gasteiger partial charge in [-0.05, 0) is 18.2 Å². The third kappa shape index (κ3) is 5.09. The van der Waals surface area contributed by atoms with Crippen molar-refractivity contribution in [3.05, 3.63) is 23.8 Å². The van der Waals surface area contributed by atoms with E-state index in [0.717, 1.165) is 28.5 Å². The fourth-order valence-corrected chi connectivity index (χ4v) is 2.28. The fourth-order valence-electron chi connectivity index (χ4n) is 2.28. The molecular formula is C15H23NO4. The Bertz CT molecular complexity index is 445. The Labute approximate surface area is 120 Å². The number of hydrogen-bond donors (Lipinski definition) is 1. The maximum atomic E-state index is 10.9. The lowest BCUT2D eigenvalue weighted by molar-refractivity contribution is -0.911. The molecule has 1 aromatic carbocycles. The molecule has 20 heavy (non-hydrogen) atoms. The van der Waals surface area contributed by atoms with E-state index in [0.29, 0.717) is 12.5 Å². The van der Waals surface area contributed by atoms with Crippen LogP contribution in [0.2, 0.25) is 0 Å². The van der Waals surface area contributed by atoms with Crippen LogP contribution in [0.4, 0.5) is 0 Å². The van der Waals surface area contributed by atoms with Gasteiger partial charge in [-0.15, -0.1) is 0 Å². The highest BCUT2D eigenvalue weighted by Crippen LogP contribution is 2.23. The van der Waals surface area contributed by atoms with Gasteiger partial charge >= 0.3 is 0 Å². The van der Waals surface area contributed by atoms with Gasteiger partial charge in [-0.2, -0.15) is 0 Å². The zero-order valence-electron chi connectivity index (χ0n) is 12.6. The number of carbonyl (C=O) groups excluding carboxylic acids is 1. The van der Waals surface area contributed by atoms with Gasteiger partial charge in [0.25, 0.3) is 0 Å². The van der Waals surface area contributed by atoms with E-state index in [1.54, 1.807) is 14.2 Å². The molecule has 0 fully saturated rings. The fraction of sp³-hybridized carbons (Fsp3) is 0.533. The van der Waals surface area contributed by atoms with E-state index in [4.69, 9.17) is 9.47 Å². The summed E-state index contributed by atoms with van der Waals surface area (Å²) in [5.74, 6) is 0.840. The van der Waals surface area contributed by atoms with E-state index in [9.17, 15) is 9.90 Å². The van der Waals surface area contributed by atoms with Crippen molar-refractivity contribution in [1.29, 1.82) is 0 Å². The van der Waals surface area contributed by atoms with Crippen LogP contribution in [0.25, 0.3) is 0 Å². The molecule has 1 N–H and O–H groups in total. The number of aliphatic carboxylic acids is 1. The third-order valence-electron chi connectivity index (χ3n) is 3.02. The van der Waals surface area contributed by atoms with Gasteiger partial charge < -0.3 is 24.3 Å². The summed E-state index contributed by atoms with van der Waals surface area (Å²) in [4.78, 5) is 11.8. The first-order valence-electron chi connectivity index (χ1n) is 6.70. The normalized spacial score (nSPS) is 12.2. The lowest BCUT2D eigenvalue weighted by atomic mass is 10.1. The summed E-state index contributed by atoms with van der Waals surface area (Å²) >= 11 is 0. The van der Waals surface area contributed by atoms with Gasteiger partial charge in [-0.1, -0.05) is 13.8 Å². The Kier molecular flexibility index (Phi) is 6.31. The third-order valence-corrected chi connectivity index (χ3v) is 3.02. The minimum Gasteiger partial charge on any atom is -0.544 e. The Morgan fingerprint density at radius 3 is 2.50 bits per heavy atom. The predicted molar refractivity (Wildman–Crippen MR) is 73.8 cm³/mol. The average Bonchev–Trinajstić information content (AvgIpc) is 2.37. The summed E-state index contributed by atoms with van der Waals surface area (Å²) in [6.45, 7) is 5.44. The largest absolute Gasteiger partial charge is 0.544 e. The molecule has 0 spiro atoms. The van der Waals surface area contributed by atoms with Gasteiger partial charge in [0, 0.05) is 5.92 Å². The molecule has 0 aliphatic rings. The summed E-state index contributed by atoms with van der Waals surface area (Å²) in [5.41, 5.74) is 0.934. The van der Waals surface area contributed by atoms with Crippen LogP contribution in [-0.2, 0) is 11.3 Å². The van der Waals surface area contributed by atoms with Crippen LogP contribution < -0.4 is 19.5 Å². The molecule has 112 valence electrons. The monoisotopic (exact) mass is 281 g/mol. The first-order chi connectivity index (χ1) is 9.46. The smallest absolute Gasteiger partial charge is 0.127 e. The van der Waals surface area contributed by atoms with Crippen molar-refractivity contribution in [2.75, 3.05) is 27.3 Å². The summed E-state index contributed by atoms with van der Waals surface area (Å²) in [7, 11) is 3.21. The zero-order chi connectivity index (χ0) is 15.1. The number of carboxylic acids is 1. The van der Waals surface area contributed by atoms with Crippen LogP contribution in [0.5, 0.6) is 11.5 Å². The van der Waals surface area contributed by atoms with Gasteiger partial charge in [0.15, 0.2) is 0 Å². The molecule has 1 rings (SSSR count). The van der Waals surface area contributed by atoms with Crippen molar-refractivity contribution in [1.82, 2.24) is 0 Å². The van der Waals surface area contributed by atoms with Crippen LogP contribution in [-0.4, -0.2) is 33.3 Å². The molecule has 0 saturated carbocycles. The quantitative estimate of drug-likeness (QED) is 0.697. The summed E-state index contributed by atoms with van der Waals surface area (Å²) in [5, 5.41) is 10.9. The van der Waals surface area contributed by atoms with E-state index in [2.05, 4.69) is 13.8 Å². The molecule has 5 nitrogen and oxygen atoms in total. The lowest BCUT2D eigenvalue weighted by Crippen LogP contribution is -3.12. The molecule has 0 aromatic heterocycles. The number of quaternary nitrogens is 1. The number of ether oxygens (including phenoxy) is 2. The minimum atomic E-state index is -1.04. The molecule has 0 bridgehead atoms. The molecule has 0 heterocycles. The van der Waals surface area contributed by atoms with Crippen LogP contribution in [0.15, 0.2) is 18.2 Å². The van der Waals surface area contributed by atoms with Gasteiger partial charge in [-0.25, -0.2) is 0 Å². The lowest BCUT2D eigenvalue weighted by Gasteiger charge is -2.23. The molecule has 0 aliphatic heterocycles. The van der Waals surface area contributed by atoms with Crippen molar-refractivity contribution in [2.45, 2.75) is 20.4 Å². The topological polar surface area (TPSA) is 63.0 Å². The molecule has 1 unspecified atom stereocenters. The average molecular weight is 281 g/mol. The minimum absolute atomic E-state index is 0.0153. The molecule has 0 radical (unpaired) electrons. The molecular weight excluding hydrogens is 258 g/mol. The van der Waals surface area contributed by atoms with Gasteiger partial charge in [0.2, 0.25) is 0 Å². The predicted octanol–water partition coefficient (Wildman–Crippen LogP) is -0.505. The number of carboxylic acid groups (broad SMARTS) is 1. The summed E-state index contributed by atoms with van der Waals surface area (Å²) < 4.78 is 10.5. The molecule has 1 atom stereocenters. The second-order valence-corrected chi connectivity index (χ2v) is 5.25. The molecule has 5 heteroatoms. The maximum absolute atomic E-state index is 10.9. The maximum Gasteiger partial charge on any atom is 0.127 e. The number of methoxy groups -OCH3 is 2. The van der Waals surface area contributed by atoms with Crippen LogP contribution in [0.3, 0.4) is 0 Å². The Morgan fingerprint density at radius 1 is 1.30 bits per heavy atom. The van der Waals surface area contributed by atoms with Gasteiger partial charge in [0.05, 0.1) is 32.3 Å². The highest BCUT2D eigenvalue weighted by Gasteiger charge is 2.16. The second kappa shape index (κ2) is 7.75. The molecule has 1 aromatic rings. The standard InChI is InChI=1S/C15H23NO4/c1-11(2)8-16(10-15(17)18)9-12-7-13(19-3)5-6-14(12)20-4/h5-7,11H,8-10H2,1-4H3,(H,17,18). The molecule has 0 amide bonds. The van der Waals surface area contributed by atoms with Crippen molar-refractivity contribution in [3.8, 4) is 11.5 Å². The van der Waals surface area contributed by atoms with E-state index in [1.807, 2.05) is 18.2 Å². The van der Waals surface area contributed by atoms with Crippen LogP contribution in [0, 0.1) is 5.92 Å². The van der Waals surface area contributed by atoms with Gasteiger partial charge in [0.1, 0.15) is 24.6 Å². The van der Waals surface area contributed by atoms with Crippen molar-refractivity contribution < 1.29 is 24.3 Å². The van der Waals surface area contributed by atoms with Crippen molar-refractivity contribution in [2.24, 2.45) is 5.92 Å². The van der Waals surface area contributed by atoms with E-state index in [1.165, 1.54) is 0 Å². The second-order valence-electron chi connectivity index (χ2n) is 5.25. The Balaban J connectivity index is 2.92. The van der Waals surface area contributed by atoms with Gasteiger partial charge in [-0.3, -0.25) is 0 Å². The molecule has 0 aliphatic carbocycles. The van der Waals surface area contributed by atoms with E-state index in [-0.39, 0.29) is 6.54 Å². The molecule has 0 saturated heterocycles. The van der Waals surface area contributed by atoms with E-state index >= 15 is 0 Å². The van der Waals surface area contributed by atoms with Crippen molar-refractivity contribution in [3.63, 3.8) is 0 Å². The first-order valence-corrected chi connectivity index (χ1v) is 6.70. The van der Waals surface area contributed by atoms with Crippen LogP contribution in [0.1, 0.15) is 19.4 Å². The summed E-state index contributed by atoms with van der Waals surface area (Å²) in [6, 6.07) is 5.54. The first kappa shape index (κ1) is 16.3. The summed E-state index contributed by atoms with van der Waals surface area (Å²) in [6.07, 6.45) is 0. The number of rotatable bonds is 8. The Hall–Kier alpha value is -1.75.